The summed E-state index contributed by atoms with van der Waals surface area (Å²) in [7, 11) is 3.02. The van der Waals surface area contributed by atoms with Gasteiger partial charge in [0, 0.05) is 30.5 Å². The maximum atomic E-state index is 11.7. The molecule has 1 aromatic rings. The SMILES string of the molecule is CN1CCC(n2cnc(S(=O)(=O)Cl)c2)C1=O. The Morgan fingerprint density at radius 1 is 1.56 bits per heavy atom. The van der Waals surface area contributed by atoms with Gasteiger partial charge in [-0.3, -0.25) is 4.79 Å². The predicted molar refractivity (Wildman–Crippen MR) is 56.6 cm³/mol. The second-order valence-electron chi connectivity index (χ2n) is 3.66. The van der Waals surface area contributed by atoms with Gasteiger partial charge in [0.05, 0.1) is 6.33 Å². The summed E-state index contributed by atoms with van der Waals surface area (Å²) in [6, 6.07) is -0.371. The monoisotopic (exact) mass is 263 g/mol. The lowest BCUT2D eigenvalue weighted by Crippen LogP contribution is -2.23. The van der Waals surface area contributed by atoms with Crippen LogP contribution in [-0.4, -0.2) is 42.4 Å². The van der Waals surface area contributed by atoms with Gasteiger partial charge in [-0.05, 0) is 6.42 Å². The van der Waals surface area contributed by atoms with Gasteiger partial charge in [0.1, 0.15) is 6.04 Å². The van der Waals surface area contributed by atoms with Gasteiger partial charge in [0.25, 0.3) is 9.05 Å². The number of hydrogen-bond acceptors (Lipinski definition) is 4. The molecule has 2 heterocycles. The molecule has 1 amide bonds. The van der Waals surface area contributed by atoms with Crippen LogP contribution in [0.25, 0.3) is 0 Å². The highest BCUT2D eigenvalue weighted by Crippen LogP contribution is 2.23. The first-order valence-corrected chi connectivity index (χ1v) is 6.93. The van der Waals surface area contributed by atoms with Gasteiger partial charge in [-0.1, -0.05) is 0 Å². The number of amides is 1. The van der Waals surface area contributed by atoms with Crippen LogP contribution in [0.3, 0.4) is 0 Å². The summed E-state index contributed by atoms with van der Waals surface area (Å²) >= 11 is 0. The Bertz CT molecular complexity index is 524. The third-order valence-electron chi connectivity index (χ3n) is 2.59. The van der Waals surface area contributed by atoms with Crippen molar-refractivity contribution in [2.45, 2.75) is 17.5 Å². The van der Waals surface area contributed by atoms with Crippen molar-refractivity contribution in [1.82, 2.24) is 14.5 Å². The molecule has 6 nitrogen and oxygen atoms in total. The predicted octanol–water partition coefficient (Wildman–Crippen LogP) is 0.214. The van der Waals surface area contributed by atoms with Gasteiger partial charge in [-0.25, -0.2) is 13.4 Å². The summed E-state index contributed by atoms with van der Waals surface area (Å²) in [4.78, 5) is 16.9. The van der Waals surface area contributed by atoms with Crippen molar-refractivity contribution in [3.8, 4) is 0 Å². The standard InChI is InChI=1S/C8H10ClN3O3S/c1-11-3-2-6(8(11)13)12-4-7(10-5-12)16(9,14)15/h4-6H,2-3H2,1H3. The largest absolute Gasteiger partial charge is 0.344 e. The van der Waals surface area contributed by atoms with Gasteiger partial charge in [-0.2, -0.15) is 0 Å². The van der Waals surface area contributed by atoms with Crippen molar-refractivity contribution in [1.29, 1.82) is 0 Å². The number of rotatable bonds is 2. The van der Waals surface area contributed by atoms with E-state index in [2.05, 4.69) is 4.98 Å². The number of aromatic nitrogens is 2. The Morgan fingerprint density at radius 2 is 2.25 bits per heavy atom. The molecule has 88 valence electrons. The smallest absolute Gasteiger partial charge is 0.280 e. The topological polar surface area (TPSA) is 72.3 Å². The molecule has 1 aliphatic heterocycles. The number of likely N-dealkylation sites (tertiary alicyclic amines) is 1. The molecule has 8 heteroatoms. The van der Waals surface area contributed by atoms with Crippen LogP contribution in [0.2, 0.25) is 0 Å². The number of imidazole rings is 1. The lowest BCUT2D eigenvalue weighted by Gasteiger charge is -2.10. The van der Waals surface area contributed by atoms with E-state index < -0.39 is 9.05 Å². The highest BCUT2D eigenvalue weighted by atomic mass is 35.7. The van der Waals surface area contributed by atoms with Crippen LogP contribution < -0.4 is 0 Å². The molecule has 0 spiro atoms. The summed E-state index contributed by atoms with van der Waals surface area (Å²) in [6.07, 6.45) is 3.24. The number of halogens is 1. The number of nitrogens with zero attached hydrogens (tertiary/aromatic N) is 3. The number of carbonyl (C=O) groups is 1. The van der Waals surface area contributed by atoms with Crippen LogP contribution in [0.1, 0.15) is 12.5 Å². The Labute approximate surface area is 97.2 Å². The minimum Gasteiger partial charge on any atom is -0.344 e. The Balaban J connectivity index is 2.30. The molecule has 1 unspecified atom stereocenters. The van der Waals surface area contributed by atoms with Crippen LogP contribution in [0, 0.1) is 0 Å². The van der Waals surface area contributed by atoms with Crippen molar-refractivity contribution in [3.05, 3.63) is 12.5 Å². The maximum absolute atomic E-state index is 11.7. The first-order chi connectivity index (χ1) is 7.39. The molecular formula is C8H10ClN3O3S. The quantitative estimate of drug-likeness (QED) is 0.716. The van der Waals surface area contributed by atoms with Crippen LogP contribution in [0.4, 0.5) is 0 Å². The third kappa shape index (κ3) is 1.92. The van der Waals surface area contributed by atoms with E-state index in [9.17, 15) is 13.2 Å². The molecule has 0 saturated carbocycles. The molecule has 0 bridgehead atoms. The van der Waals surface area contributed by atoms with E-state index in [1.165, 1.54) is 17.1 Å². The van der Waals surface area contributed by atoms with E-state index in [0.717, 1.165) is 0 Å². The van der Waals surface area contributed by atoms with Crippen molar-refractivity contribution < 1.29 is 13.2 Å². The van der Waals surface area contributed by atoms with Crippen LogP contribution in [0.15, 0.2) is 17.6 Å². The van der Waals surface area contributed by atoms with Crippen molar-refractivity contribution in [2.24, 2.45) is 0 Å². The molecule has 0 radical (unpaired) electrons. The van der Waals surface area contributed by atoms with Crippen LogP contribution in [-0.2, 0) is 13.8 Å². The zero-order chi connectivity index (χ0) is 11.9. The van der Waals surface area contributed by atoms with Gasteiger partial charge in [-0.15, -0.1) is 0 Å². The van der Waals surface area contributed by atoms with Crippen molar-refractivity contribution in [2.75, 3.05) is 13.6 Å². The van der Waals surface area contributed by atoms with Gasteiger partial charge >= 0.3 is 0 Å². The molecule has 1 atom stereocenters. The van der Waals surface area contributed by atoms with Gasteiger partial charge in [0.2, 0.25) is 5.91 Å². The Kier molecular flexibility index (Phi) is 2.67. The molecule has 0 aromatic carbocycles. The minimum absolute atomic E-state index is 0.0454. The van der Waals surface area contributed by atoms with Crippen molar-refractivity contribution >= 4 is 25.6 Å². The van der Waals surface area contributed by atoms with E-state index in [4.69, 9.17) is 10.7 Å². The first kappa shape index (κ1) is 11.4. The molecule has 1 fully saturated rings. The lowest BCUT2D eigenvalue weighted by molar-refractivity contribution is -0.129. The van der Waals surface area contributed by atoms with Crippen LogP contribution in [0.5, 0.6) is 0 Å². The average molecular weight is 264 g/mol. The lowest BCUT2D eigenvalue weighted by atomic mass is 10.2. The normalized spacial score (nSPS) is 21.8. The maximum Gasteiger partial charge on any atom is 0.280 e. The van der Waals surface area contributed by atoms with E-state index in [0.29, 0.717) is 13.0 Å². The summed E-state index contributed by atoms with van der Waals surface area (Å²) in [6.45, 7) is 0.657. The summed E-state index contributed by atoms with van der Waals surface area (Å²) < 4.78 is 23.5. The number of likely N-dealkylation sites (N-methyl/N-ethyl adjacent to an activating group) is 1. The Hall–Kier alpha value is -1.08. The molecular weight excluding hydrogens is 254 g/mol. The van der Waals surface area contributed by atoms with Crippen molar-refractivity contribution in [3.63, 3.8) is 0 Å². The van der Waals surface area contributed by atoms with E-state index in [1.807, 2.05) is 0 Å². The first-order valence-electron chi connectivity index (χ1n) is 4.62. The zero-order valence-corrected chi connectivity index (χ0v) is 10.1. The third-order valence-corrected chi connectivity index (χ3v) is 3.77. The second-order valence-corrected chi connectivity index (χ2v) is 6.17. The fourth-order valence-corrected chi connectivity index (χ4v) is 2.35. The highest BCUT2D eigenvalue weighted by molar-refractivity contribution is 8.13. The molecule has 1 aliphatic rings. The highest BCUT2D eigenvalue weighted by Gasteiger charge is 2.31. The molecule has 2 rings (SSSR count). The van der Waals surface area contributed by atoms with E-state index in [1.54, 1.807) is 11.9 Å². The van der Waals surface area contributed by atoms with Gasteiger partial charge < -0.3 is 9.47 Å². The summed E-state index contributed by atoms with van der Waals surface area (Å²) in [5.41, 5.74) is 0. The molecule has 1 aromatic heterocycles. The summed E-state index contributed by atoms with van der Waals surface area (Å²) in [5.74, 6) is -0.0454. The van der Waals surface area contributed by atoms with E-state index >= 15 is 0 Å². The minimum atomic E-state index is -3.83. The average Bonchev–Trinajstić information content (AvgIpc) is 2.74. The number of hydrogen-bond donors (Lipinski definition) is 0. The zero-order valence-electron chi connectivity index (χ0n) is 8.50. The summed E-state index contributed by atoms with van der Waals surface area (Å²) in [5, 5.41) is -0.225. The Morgan fingerprint density at radius 3 is 2.69 bits per heavy atom. The fourth-order valence-electron chi connectivity index (χ4n) is 1.69. The molecule has 16 heavy (non-hydrogen) atoms. The second kappa shape index (κ2) is 3.74. The molecule has 0 N–H and O–H groups in total. The fraction of sp³-hybridized carbons (Fsp3) is 0.500. The number of carbonyl (C=O) groups excluding carboxylic acids is 1. The van der Waals surface area contributed by atoms with E-state index in [-0.39, 0.29) is 17.0 Å². The van der Waals surface area contributed by atoms with Crippen LogP contribution >= 0.6 is 10.7 Å². The molecule has 1 saturated heterocycles. The van der Waals surface area contributed by atoms with Gasteiger partial charge in [0.15, 0.2) is 5.03 Å². The molecule has 0 aliphatic carbocycles.